The molecule has 0 bridgehead atoms. The molecule has 0 radical (unpaired) electrons. The van der Waals surface area contributed by atoms with E-state index < -0.39 is 23.7 Å². The molecule has 7 nitrogen and oxygen atoms in total. The number of carbonyl (C=O) groups is 4. The van der Waals surface area contributed by atoms with E-state index in [1.807, 2.05) is 0 Å². The summed E-state index contributed by atoms with van der Waals surface area (Å²) in [7, 11) is 0. The lowest BCUT2D eigenvalue weighted by Crippen LogP contribution is -2.30. The van der Waals surface area contributed by atoms with Gasteiger partial charge in [-0.05, 0) is 48.9 Å². The molecular weight excluding hydrogens is 396 g/mol. The van der Waals surface area contributed by atoms with Gasteiger partial charge in [0.05, 0.1) is 16.8 Å². The molecule has 1 aliphatic rings. The summed E-state index contributed by atoms with van der Waals surface area (Å²) in [5.74, 6) is -1.43. The lowest BCUT2D eigenvalue weighted by molar-refractivity contribution is -0.131. The normalized spacial score (nSPS) is 12.5. The van der Waals surface area contributed by atoms with Crippen molar-refractivity contribution in [1.29, 1.82) is 0 Å². The first kappa shape index (κ1) is 20.0. The molecule has 4 rings (SSSR count). The number of esters is 1. The van der Waals surface area contributed by atoms with Gasteiger partial charge in [-0.15, -0.1) is 0 Å². The van der Waals surface area contributed by atoms with E-state index in [1.165, 1.54) is 19.1 Å². The molecule has 154 valence electrons. The van der Waals surface area contributed by atoms with Crippen LogP contribution in [0, 0.1) is 6.92 Å². The minimum Gasteiger partial charge on any atom is -0.427 e. The number of hydrogen-bond donors (Lipinski definition) is 1. The Bertz CT molecular complexity index is 1210. The van der Waals surface area contributed by atoms with Crippen LogP contribution in [0.4, 0.5) is 11.4 Å². The van der Waals surface area contributed by atoms with E-state index in [0.717, 1.165) is 4.90 Å². The molecule has 0 saturated carbocycles. The van der Waals surface area contributed by atoms with Gasteiger partial charge in [-0.3, -0.25) is 19.2 Å². The fourth-order valence-corrected chi connectivity index (χ4v) is 3.41. The first-order valence-corrected chi connectivity index (χ1v) is 9.53. The summed E-state index contributed by atoms with van der Waals surface area (Å²) in [6.07, 6.45) is 0. The number of benzene rings is 3. The van der Waals surface area contributed by atoms with Gasteiger partial charge >= 0.3 is 5.97 Å². The number of aryl methyl sites for hydroxylation is 1. The minimum atomic E-state index is -0.465. The fraction of sp³-hybridized carbons (Fsp3) is 0.0833. The summed E-state index contributed by atoms with van der Waals surface area (Å²) < 4.78 is 5.03. The number of nitrogens with one attached hydrogen (secondary N) is 1. The van der Waals surface area contributed by atoms with Gasteiger partial charge in [0.1, 0.15) is 5.75 Å². The van der Waals surface area contributed by atoms with Gasteiger partial charge in [0, 0.05) is 24.2 Å². The number of amides is 3. The van der Waals surface area contributed by atoms with Crippen molar-refractivity contribution < 1.29 is 23.9 Å². The maximum Gasteiger partial charge on any atom is 0.308 e. The zero-order valence-corrected chi connectivity index (χ0v) is 16.8. The Morgan fingerprint density at radius 2 is 1.55 bits per heavy atom. The van der Waals surface area contributed by atoms with Gasteiger partial charge < -0.3 is 10.1 Å². The van der Waals surface area contributed by atoms with E-state index in [9.17, 15) is 19.2 Å². The first-order valence-electron chi connectivity index (χ1n) is 9.53. The maximum absolute atomic E-state index is 12.8. The van der Waals surface area contributed by atoms with Crippen molar-refractivity contribution in [3.8, 4) is 5.75 Å². The topological polar surface area (TPSA) is 92.8 Å². The second-order valence-corrected chi connectivity index (χ2v) is 7.07. The molecule has 3 aromatic carbocycles. The molecule has 1 N–H and O–H groups in total. The predicted octanol–water partition coefficient (Wildman–Crippen LogP) is 3.97. The summed E-state index contributed by atoms with van der Waals surface area (Å²) in [6.45, 7) is 3.06. The molecule has 0 saturated heterocycles. The van der Waals surface area contributed by atoms with Crippen LogP contribution in [-0.2, 0) is 4.79 Å². The van der Waals surface area contributed by atoms with E-state index in [4.69, 9.17) is 4.74 Å². The van der Waals surface area contributed by atoms with Crippen LogP contribution >= 0.6 is 0 Å². The molecule has 0 aromatic heterocycles. The zero-order chi connectivity index (χ0) is 22.1. The molecule has 0 unspecified atom stereocenters. The highest BCUT2D eigenvalue weighted by molar-refractivity contribution is 6.34. The second-order valence-electron chi connectivity index (χ2n) is 7.07. The van der Waals surface area contributed by atoms with Crippen molar-refractivity contribution in [3.63, 3.8) is 0 Å². The number of fused-ring (bicyclic) bond motifs is 1. The summed E-state index contributed by atoms with van der Waals surface area (Å²) in [5, 5.41) is 2.73. The van der Waals surface area contributed by atoms with E-state index in [-0.39, 0.29) is 5.56 Å². The Balaban J connectivity index is 1.62. The van der Waals surface area contributed by atoms with Crippen molar-refractivity contribution in [2.75, 3.05) is 10.2 Å². The number of rotatable bonds is 4. The SMILES string of the molecule is CC(=O)Oc1cccc(NC(=O)c2ccc(C)c(N3C(=O)c4ccccc4C3=O)c2)c1. The van der Waals surface area contributed by atoms with E-state index in [2.05, 4.69) is 5.32 Å². The Morgan fingerprint density at radius 3 is 2.19 bits per heavy atom. The van der Waals surface area contributed by atoms with Crippen LogP contribution in [0.2, 0.25) is 0 Å². The number of nitrogens with zero attached hydrogens (tertiary/aromatic N) is 1. The highest BCUT2D eigenvalue weighted by Crippen LogP contribution is 2.31. The van der Waals surface area contributed by atoms with Crippen molar-refractivity contribution in [2.24, 2.45) is 0 Å². The van der Waals surface area contributed by atoms with E-state index in [0.29, 0.717) is 33.8 Å². The lowest BCUT2D eigenvalue weighted by Gasteiger charge is -2.18. The van der Waals surface area contributed by atoms with E-state index in [1.54, 1.807) is 61.5 Å². The van der Waals surface area contributed by atoms with Crippen molar-refractivity contribution in [3.05, 3.63) is 89.0 Å². The number of hydrogen-bond acceptors (Lipinski definition) is 5. The molecule has 31 heavy (non-hydrogen) atoms. The van der Waals surface area contributed by atoms with Gasteiger partial charge in [0.15, 0.2) is 0 Å². The Labute approximate surface area is 178 Å². The van der Waals surface area contributed by atoms with Gasteiger partial charge in [0.25, 0.3) is 17.7 Å². The molecule has 3 amide bonds. The van der Waals surface area contributed by atoms with Gasteiger partial charge in [-0.2, -0.15) is 0 Å². The smallest absolute Gasteiger partial charge is 0.308 e. The quantitative estimate of drug-likeness (QED) is 0.396. The van der Waals surface area contributed by atoms with Crippen LogP contribution in [0.15, 0.2) is 66.7 Å². The van der Waals surface area contributed by atoms with Crippen LogP contribution in [0.3, 0.4) is 0 Å². The molecule has 0 atom stereocenters. The number of imide groups is 1. The third-order valence-electron chi connectivity index (χ3n) is 4.86. The highest BCUT2D eigenvalue weighted by atomic mass is 16.5. The first-order chi connectivity index (χ1) is 14.8. The molecule has 1 aliphatic heterocycles. The highest BCUT2D eigenvalue weighted by Gasteiger charge is 2.37. The van der Waals surface area contributed by atoms with Crippen LogP contribution in [0.1, 0.15) is 43.6 Å². The van der Waals surface area contributed by atoms with Crippen LogP contribution < -0.4 is 15.0 Å². The fourth-order valence-electron chi connectivity index (χ4n) is 3.41. The Hall–Kier alpha value is -4.26. The Kier molecular flexibility index (Phi) is 5.09. The van der Waals surface area contributed by atoms with Crippen LogP contribution in [0.25, 0.3) is 0 Å². The predicted molar refractivity (Wildman–Crippen MR) is 114 cm³/mol. The van der Waals surface area contributed by atoms with Gasteiger partial charge in [0.2, 0.25) is 0 Å². The van der Waals surface area contributed by atoms with Gasteiger partial charge in [-0.1, -0.05) is 24.3 Å². The van der Waals surface area contributed by atoms with Crippen LogP contribution in [0.5, 0.6) is 5.75 Å². The summed E-state index contributed by atoms with van der Waals surface area (Å²) in [6, 6.07) is 17.9. The van der Waals surface area contributed by atoms with Crippen LogP contribution in [-0.4, -0.2) is 23.7 Å². The van der Waals surface area contributed by atoms with Gasteiger partial charge in [-0.25, -0.2) is 4.90 Å². The summed E-state index contributed by atoms with van der Waals surface area (Å²) in [4.78, 5) is 50.7. The average molecular weight is 414 g/mol. The molecule has 7 heteroatoms. The van der Waals surface area contributed by atoms with Crippen molar-refractivity contribution in [1.82, 2.24) is 0 Å². The van der Waals surface area contributed by atoms with E-state index >= 15 is 0 Å². The summed E-state index contributed by atoms with van der Waals surface area (Å²) >= 11 is 0. The molecule has 0 spiro atoms. The third-order valence-corrected chi connectivity index (χ3v) is 4.86. The zero-order valence-electron chi connectivity index (χ0n) is 16.8. The van der Waals surface area contributed by atoms with Crippen molar-refractivity contribution in [2.45, 2.75) is 13.8 Å². The molecular formula is C24H18N2O5. The Morgan fingerprint density at radius 1 is 0.871 bits per heavy atom. The maximum atomic E-state index is 12.8. The number of ether oxygens (including phenoxy) is 1. The standard InChI is InChI=1S/C24H18N2O5/c1-14-10-11-16(22(28)25-17-6-5-7-18(13-17)31-15(2)27)12-21(14)26-23(29)19-8-3-4-9-20(19)24(26)30/h3-13H,1-2H3,(H,25,28). The second kappa shape index (κ2) is 7.87. The molecule has 3 aromatic rings. The molecule has 1 heterocycles. The monoisotopic (exact) mass is 414 g/mol. The molecule has 0 fully saturated rings. The number of anilines is 2. The minimum absolute atomic E-state index is 0.273. The average Bonchev–Trinajstić information content (AvgIpc) is 2.99. The lowest BCUT2D eigenvalue weighted by atomic mass is 10.1. The molecule has 0 aliphatic carbocycles. The number of carbonyl (C=O) groups excluding carboxylic acids is 4. The summed E-state index contributed by atoms with van der Waals surface area (Å²) in [5.41, 5.74) is 2.42. The largest absolute Gasteiger partial charge is 0.427 e. The van der Waals surface area contributed by atoms with Crippen molar-refractivity contribution >= 4 is 35.1 Å². The third kappa shape index (κ3) is 3.81.